The number of carbonyl (C=O) groups is 3. The molecule has 0 saturated heterocycles. The van der Waals surface area contributed by atoms with Crippen molar-refractivity contribution in [3.8, 4) is 0 Å². The summed E-state index contributed by atoms with van der Waals surface area (Å²) >= 11 is 0. The van der Waals surface area contributed by atoms with Gasteiger partial charge in [0.05, 0.1) is 18.2 Å². The predicted octanol–water partition coefficient (Wildman–Crippen LogP) is 4.83. The van der Waals surface area contributed by atoms with E-state index in [1.54, 1.807) is 36.1 Å². The maximum atomic E-state index is 13.0. The molecular formula is C27H34N4O5. The van der Waals surface area contributed by atoms with Gasteiger partial charge in [0.15, 0.2) is 0 Å². The number of amides is 4. The number of rotatable bonds is 10. The van der Waals surface area contributed by atoms with Crippen LogP contribution < -0.4 is 16.0 Å². The van der Waals surface area contributed by atoms with Crippen molar-refractivity contribution in [2.45, 2.75) is 39.7 Å². The topological polar surface area (TPSA) is 109 Å². The Bertz CT molecular complexity index is 1110. The number of allylic oxidation sites excluding steroid dienone is 1. The molecule has 192 valence electrons. The van der Waals surface area contributed by atoms with E-state index in [4.69, 9.17) is 9.47 Å². The van der Waals surface area contributed by atoms with Gasteiger partial charge in [-0.3, -0.25) is 4.90 Å². The first-order valence-electron chi connectivity index (χ1n) is 12.1. The van der Waals surface area contributed by atoms with Crippen molar-refractivity contribution in [1.29, 1.82) is 0 Å². The summed E-state index contributed by atoms with van der Waals surface area (Å²) in [6, 6.07) is 13.3. The number of carbonyl (C=O) groups excluding carboxylic acids is 3. The van der Waals surface area contributed by atoms with Crippen molar-refractivity contribution in [2.24, 2.45) is 0 Å². The van der Waals surface area contributed by atoms with Gasteiger partial charge in [-0.25, -0.2) is 14.4 Å². The number of ether oxygens (including phenoxy) is 2. The molecule has 0 spiro atoms. The van der Waals surface area contributed by atoms with Crippen molar-refractivity contribution in [3.05, 3.63) is 70.9 Å². The lowest BCUT2D eigenvalue weighted by Crippen LogP contribution is -2.48. The lowest BCUT2D eigenvalue weighted by Gasteiger charge is -2.35. The smallest absolute Gasteiger partial charge is 0.338 e. The molecule has 1 heterocycles. The number of methoxy groups -OCH3 is 1. The molecule has 9 nitrogen and oxygen atoms in total. The third-order valence-electron chi connectivity index (χ3n) is 5.88. The molecule has 36 heavy (non-hydrogen) atoms. The summed E-state index contributed by atoms with van der Waals surface area (Å²) < 4.78 is 10.4. The highest BCUT2D eigenvalue weighted by Crippen LogP contribution is 2.32. The van der Waals surface area contributed by atoms with Gasteiger partial charge in [0.2, 0.25) is 0 Å². The molecule has 2 aromatic rings. The second-order valence-electron chi connectivity index (χ2n) is 8.42. The Kier molecular flexibility index (Phi) is 9.46. The molecule has 1 unspecified atom stereocenters. The maximum absolute atomic E-state index is 13.0. The fourth-order valence-corrected chi connectivity index (χ4v) is 4.01. The van der Waals surface area contributed by atoms with E-state index in [0.29, 0.717) is 34.8 Å². The molecule has 0 bridgehead atoms. The van der Waals surface area contributed by atoms with Crippen LogP contribution in [0.2, 0.25) is 0 Å². The predicted molar refractivity (Wildman–Crippen MR) is 139 cm³/mol. The number of hydrogen-bond donors (Lipinski definition) is 3. The second kappa shape index (κ2) is 12.7. The van der Waals surface area contributed by atoms with Crippen molar-refractivity contribution in [3.63, 3.8) is 0 Å². The van der Waals surface area contributed by atoms with Crippen LogP contribution in [0.15, 0.2) is 59.8 Å². The molecule has 4 amide bonds. The standard InChI is InChI=1S/C27H34N4O5/c1-5-14-31-18(3)23(25(32)36-16-15-35-4)24(30-27(31)34)20-10-12-21(13-11-20)28-26(33)29-22-9-7-8-19(6-2)17-22/h7-13,17,24H,5-6,14-16H2,1-4H3,(H,30,34)(H2,28,29,33). The molecule has 1 aliphatic rings. The average molecular weight is 495 g/mol. The van der Waals surface area contributed by atoms with E-state index < -0.39 is 12.0 Å². The zero-order chi connectivity index (χ0) is 26.1. The van der Waals surface area contributed by atoms with Crippen molar-refractivity contribution in [2.75, 3.05) is 37.5 Å². The van der Waals surface area contributed by atoms with Gasteiger partial charge < -0.3 is 25.4 Å². The fourth-order valence-electron chi connectivity index (χ4n) is 4.01. The van der Waals surface area contributed by atoms with Crippen LogP contribution in [0, 0.1) is 0 Å². The van der Waals surface area contributed by atoms with Crippen LogP contribution in [0.4, 0.5) is 21.0 Å². The zero-order valence-electron chi connectivity index (χ0n) is 21.2. The van der Waals surface area contributed by atoms with Gasteiger partial charge in [-0.15, -0.1) is 0 Å². The summed E-state index contributed by atoms with van der Waals surface area (Å²) in [6.07, 6.45) is 1.62. The van der Waals surface area contributed by atoms with Crippen LogP contribution in [-0.4, -0.2) is 49.8 Å². The number of anilines is 2. The molecule has 1 atom stereocenters. The van der Waals surface area contributed by atoms with Crippen LogP contribution in [-0.2, 0) is 20.7 Å². The van der Waals surface area contributed by atoms with E-state index >= 15 is 0 Å². The minimum Gasteiger partial charge on any atom is -0.460 e. The molecule has 0 saturated carbocycles. The molecule has 0 aromatic heterocycles. The Balaban J connectivity index is 1.77. The van der Waals surface area contributed by atoms with Gasteiger partial charge in [-0.2, -0.15) is 0 Å². The maximum Gasteiger partial charge on any atom is 0.338 e. The molecule has 9 heteroatoms. The monoisotopic (exact) mass is 494 g/mol. The molecule has 0 aliphatic carbocycles. The van der Waals surface area contributed by atoms with Crippen LogP contribution in [0.1, 0.15) is 44.4 Å². The summed E-state index contributed by atoms with van der Waals surface area (Å²) in [7, 11) is 1.53. The number of urea groups is 2. The van der Waals surface area contributed by atoms with Crippen LogP contribution in [0.3, 0.4) is 0 Å². The van der Waals surface area contributed by atoms with Crippen molar-refractivity contribution < 1.29 is 23.9 Å². The zero-order valence-corrected chi connectivity index (χ0v) is 21.2. The van der Waals surface area contributed by atoms with Crippen LogP contribution in [0.5, 0.6) is 0 Å². The van der Waals surface area contributed by atoms with Gasteiger partial charge in [0, 0.05) is 30.7 Å². The van der Waals surface area contributed by atoms with E-state index in [1.807, 2.05) is 31.2 Å². The second-order valence-corrected chi connectivity index (χ2v) is 8.42. The lowest BCUT2D eigenvalue weighted by molar-refractivity contribution is -0.140. The normalized spacial score (nSPS) is 15.4. The summed E-state index contributed by atoms with van der Waals surface area (Å²) in [6.45, 7) is 6.64. The number of nitrogens with zero attached hydrogens (tertiary/aromatic N) is 1. The molecule has 2 aromatic carbocycles. The fraction of sp³-hybridized carbons (Fsp3) is 0.370. The molecule has 1 aliphatic heterocycles. The highest BCUT2D eigenvalue weighted by Gasteiger charge is 2.36. The highest BCUT2D eigenvalue weighted by atomic mass is 16.6. The van der Waals surface area contributed by atoms with E-state index in [9.17, 15) is 14.4 Å². The number of aryl methyl sites for hydroxylation is 1. The quantitative estimate of drug-likeness (QED) is 0.324. The summed E-state index contributed by atoms with van der Waals surface area (Å²) in [5, 5.41) is 8.55. The molecular weight excluding hydrogens is 460 g/mol. The Morgan fingerprint density at radius 3 is 2.42 bits per heavy atom. The molecule has 0 fully saturated rings. The van der Waals surface area contributed by atoms with E-state index in [1.165, 1.54) is 7.11 Å². The summed E-state index contributed by atoms with van der Waals surface area (Å²) in [5.74, 6) is -0.508. The third-order valence-corrected chi connectivity index (χ3v) is 5.88. The summed E-state index contributed by atoms with van der Waals surface area (Å²) in [4.78, 5) is 39.8. The first-order chi connectivity index (χ1) is 17.4. The van der Waals surface area contributed by atoms with Gasteiger partial charge >= 0.3 is 18.0 Å². The van der Waals surface area contributed by atoms with Crippen molar-refractivity contribution in [1.82, 2.24) is 10.2 Å². The number of hydrogen-bond acceptors (Lipinski definition) is 5. The minimum absolute atomic E-state index is 0.111. The number of benzene rings is 2. The largest absolute Gasteiger partial charge is 0.460 e. The Labute approximate surface area is 211 Å². The van der Waals surface area contributed by atoms with Gasteiger partial charge in [0.25, 0.3) is 0 Å². The van der Waals surface area contributed by atoms with Gasteiger partial charge in [0.1, 0.15) is 6.61 Å². The molecule has 0 radical (unpaired) electrons. The van der Waals surface area contributed by atoms with E-state index in [0.717, 1.165) is 18.4 Å². The van der Waals surface area contributed by atoms with Gasteiger partial charge in [-0.1, -0.05) is 38.1 Å². The lowest BCUT2D eigenvalue weighted by atomic mass is 9.94. The number of esters is 1. The van der Waals surface area contributed by atoms with Crippen molar-refractivity contribution >= 4 is 29.4 Å². The average Bonchev–Trinajstić information content (AvgIpc) is 2.86. The Morgan fingerprint density at radius 2 is 1.75 bits per heavy atom. The Hall–Kier alpha value is -3.85. The van der Waals surface area contributed by atoms with Crippen LogP contribution >= 0.6 is 0 Å². The molecule has 3 N–H and O–H groups in total. The SMILES string of the molecule is CCCN1C(=O)NC(c2ccc(NC(=O)Nc3cccc(CC)c3)cc2)C(C(=O)OCCOC)=C1C. The first-order valence-corrected chi connectivity index (χ1v) is 12.1. The van der Waals surface area contributed by atoms with E-state index in [-0.39, 0.29) is 25.3 Å². The van der Waals surface area contributed by atoms with Gasteiger partial charge in [-0.05, 0) is 55.2 Å². The highest BCUT2D eigenvalue weighted by molar-refractivity contribution is 6.00. The number of nitrogens with one attached hydrogen (secondary N) is 3. The third kappa shape index (κ3) is 6.63. The Morgan fingerprint density at radius 1 is 1.03 bits per heavy atom. The first kappa shape index (κ1) is 26.7. The summed E-state index contributed by atoms with van der Waals surface area (Å²) in [5.41, 5.74) is 4.03. The van der Waals surface area contributed by atoms with E-state index in [2.05, 4.69) is 22.9 Å². The minimum atomic E-state index is -0.680. The van der Waals surface area contributed by atoms with Crippen LogP contribution in [0.25, 0.3) is 0 Å². The molecule has 3 rings (SSSR count).